The number of hydrogen-bond acceptors (Lipinski definition) is 20. The summed E-state index contributed by atoms with van der Waals surface area (Å²) >= 11 is 26.3. The molecule has 0 aliphatic heterocycles. The SMILES string of the molecule is CSCC[C@H](NC(=O)[C@H](CCCCN)NC(=O)[C@H](CS)NC(=O)[C@H](Cc1cnc[nH]1)NC(=O)[C@H](CS)NC(=O)[C@H](CS)NC(=O)[C@H](C)NC(=O)[C@H](CS)NC(=O)[C@H](CS)NC(=O)[C@H](CS)NC(C)=O)C(=O)O. The normalized spacial score (nSPS) is 15.1. The molecule has 0 spiro atoms. The summed E-state index contributed by atoms with van der Waals surface area (Å²) in [5.41, 5.74) is 6.01. The lowest BCUT2D eigenvalue weighted by molar-refractivity contribution is -0.142. The van der Waals surface area contributed by atoms with Crippen molar-refractivity contribution in [3.63, 3.8) is 0 Å². The van der Waals surface area contributed by atoms with E-state index in [2.05, 4.69) is 139 Å². The van der Waals surface area contributed by atoms with E-state index in [0.29, 0.717) is 30.8 Å². The van der Waals surface area contributed by atoms with Gasteiger partial charge in [0.15, 0.2) is 0 Å². The van der Waals surface area contributed by atoms with Crippen LogP contribution in [0.5, 0.6) is 0 Å². The van der Waals surface area contributed by atoms with Crippen LogP contribution in [-0.4, -0.2) is 194 Å². The molecule has 10 amide bonds. The Balaban J connectivity index is 3.10. The van der Waals surface area contributed by atoms with E-state index in [1.165, 1.54) is 38.1 Å². The Labute approximate surface area is 454 Å². The van der Waals surface area contributed by atoms with E-state index < -0.39 is 125 Å². The number of carbonyl (C=O) groups excluding carboxylic acids is 10. The Morgan fingerprint density at radius 3 is 1.28 bits per heavy atom. The first-order valence-corrected chi connectivity index (χ1v) is 27.4. The Morgan fingerprint density at radius 1 is 0.542 bits per heavy atom. The molecule has 14 N–H and O–H groups in total. The molecule has 1 rings (SSSR count). The summed E-state index contributed by atoms with van der Waals surface area (Å²) in [4.78, 5) is 150. The summed E-state index contributed by atoms with van der Waals surface area (Å²) in [6.45, 7) is 2.79. The number of nitrogens with zero attached hydrogens (tertiary/aromatic N) is 1. The minimum atomic E-state index is -1.42. The molecule has 72 heavy (non-hydrogen) atoms. The first-order valence-electron chi connectivity index (χ1n) is 22.2. The molecule has 0 radical (unpaired) electrons. The van der Waals surface area contributed by atoms with Gasteiger partial charge in [0.1, 0.15) is 60.4 Å². The highest BCUT2D eigenvalue weighted by atomic mass is 32.2. The van der Waals surface area contributed by atoms with Crippen LogP contribution in [0, 0.1) is 0 Å². The minimum Gasteiger partial charge on any atom is -0.480 e. The molecule has 0 saturated heterocycles. The quantitative estimate of drug-likeness (QED) is 0.0225. The third-order valence-electron chi connectivity index (χ3n) is 10.1. The summed E-state index contributed by atoms with van der Waals surface area (Å²) in [5, 5.41) is 34.3. The number of hydrogen-bond donors (Lipinski definition) is 19. The zero-order chi connectivity index (χ0) is 54.5. The predicted octanol–water partition coefficient (Wildman–Crippen LogP) is -4.61. The number of thiol groups is 6. The molecule has 0 unspecified atom stereocenters. The van der Waals surface area contributed by atoms with Crippen LogP contribution in [0.15, 0.2) is 12.5 Å². The van der Waals surface area contributed by atoms with Gasteiger partial charge in [0.25, 0.3) is 0 Å². The largest absolute Gasteiger partial charge is 0.480 e. The van der Waals surface area contributed by atoms with Crippen LogP contribution in [0.25, 0.3) is 0 Å². The number of carboxylic acid groups (broad SMARTS) is 1. The number of nitrogens with two attached hydrogens (primary N) is 1. The number of nitrogens with one attached hydrogen (secondary N) is 11. The number of rotatable bonds is 35. The van der Waals surface area contributed by atoms with Crippen molar-refractivity contribution >= 4 is 153 Å². The number of aromatic amines is 1. The number of thioether (sulfide) groups is 1. The summed E-state index contributed by atoms with van der Waals surface area (Å²) in [7, 11) is 0. The van der Waals surface area contributed by atoms with Gasteiger partial charge in [-0.15, -0.1) is 0 Å². The van der Waals surface area contributed by atoms with Crippen LogP contribution in [0.2, 0.25) is 0 Å². The number of carboxylic acids is 1. The van der Waals surface area contributed by atoms with E-state index in [0.717, 1.165) is 0 Å². The topological polar surface area (TPSA) is 383 Å². The van der Waals surface area contributed by atoms with Crippen LogP contribution in [0.1, 0.15) is 45.2 Å². The van der Waals surface area contributed by atoms with Gasteiger partial charge in [-0.25, -0.2) is 9.78 Å². The molecule has 0 fully saturated rings. The van der Waals surface area contributed by atoms with Gasteiger partial charge in [0, 0.05) is 59.8 Å². The summed E-state index contributed by atoms with van der Waals surface area (Å²) < 4.78 is 0. The van der Waals surface area contributed by atoms with Gasteiger partial charge in [-0.2, -0.15) is 87.5 Å². The smallest absolute Gasteiger partial charge is 0.326 e. The molecule has 406 valence electrons. The number of carbonyl (C=O) groups is 11. The van der Waals surface area contributed by atoms with Crippen molar-refractivity contribution in [3.8, 4) is 0 Å². The Bertz CT molecular complexity index is 1980. The monoisotopic (exact) mass is 1150 g/mol. The zero-order valence-corrected chi connectivity index (χ0v) is 45.9. The average molecular weight is 1150 g/mol. The van der Waals surface area contributed by atoms with E-state index in [1.807, 2.05) is 0 Å². The van der Waals surface area contributed by atoms with Gasteiger partial charge >= 0.3 is 5.97 Å². The van der Waals surface area contributed by atoms with Crippen LogP contribution >= 0.6 is 87.5 Å². The highest BCUT2D eigenvalue weighted by Gasteiger charge is 2.34. The molecule has 1 aromatic rings. The lowest BCUT2D eigenvalue weighted by Crippen LogP contribution is -2.61. The van der Waals surface area contributed by atoms with Gasteiger partial charge < -0.3 is 69.0 Å². The fourth-order valence-corrected chi connectivity index (χ4v) is 8.09. The molecule has 32 heteroatoms. The van der Waals surface area contributed by atoms with E-state index >= 15 is 0 Å². The maximum atomic E-state index is 13.9. The molecule has 1 heterocycles. The van der Waals surface area contributed by atoms with Gasteiger partial charge in [0.2, 0.25) is 59.1 Å². The second kappa shape index (κ2) is 35.9. The highest BCUT2D eigenvalue weighted by molar-refractivity contribution is 7.98. The third kappa shape index (κ3) is 23.8. The molecule has 10 atom stereocenters. The third-order valence-corrected chi connectivity index (χ3v) is 13.0. The molecule has 0 aromatic carbocycles. The van der Waals surface area contributed by atoms with Gasteiger partial charge in [-0.3, -0.25) is 47.9 Å². The fraction of sp³-hybridized carbons (Fsp3) is 0.650. The van der Waals surface area contributed by atoms with Gasteiger partial charge in [0.05, 0.1) is 6.33 Å². The number of aromatic nitrogens is 2. The standard InChI is InChI=1S/C40H67N13O12S7/c1-19(44-34(58)26(13-67)51-39(63)30(17-71)52-35(59)25(12-66)45-20(2)54)31(55)49-27(14-68)38(62)53-29(16-70)37(61)48-24(10-21-11-42-18-43-21)33(57)50-28(15-69)36(60)46-22(6-4-5-8-41)32(56)47-23(40(64)65)7-9-72-3/h11,18-19,22-30,66-71H,4-10,12-17,41H2,1-3H3,(H,42,43)(H,44,58)(H,45,54)(H,46,60)(H,47,56)(H,48,61)(H,49,55)(H,50,57)(H,51,63)(H,52,59)(H,53,62)(H,64,65)/t19-,22-,23-,24-,25-,26-,27-,28-,29-,30-/m0/s1. The fourth-order valence-electron chi connectivity index (χ4n) is 6.07. The average Bonchev–Trinajstić information content (AvgIpc) is 3.87. The van der Waals surface area contributed by atoms with Crippen molar-refractivity contribution in [1.82, 2.24) is 63.1 Å². The van der Waals surface area contributed by atoms with E-state index in [9.17, 15) is 57.8 Å². The Morgan fingerprint density at radius 2 is 0.903 bits per heavy atom. The minimum absolute atomic E-state index is 0.0743. The maximum Gasteiger partial charge on any atom is 0.326 e. The number of aliphatic carboxylic acids is 1. The lowest BCUT2D eigenvalue weighted by Gasteiger charge is -2.27. The highest BCUT2D eigenvalue weighted by Crippen LogP contribution is 2.08. The molecular weight excluding hydrogens is 1080 g/mol. The molecule has 25 nitrogen and oxygen atoms in total. The van der Waals surface area contributed by atoms with E-state index in [1.54, 1.807) is 6.26 Å². The zero-order valence-electron chi connectivity index (χ0n) is 39.7. The van der Waals surface area contributed by atoms with Crippen molar-refractivity contribution in [2.24, 2.45) is 5.73 Å². The first kappa shape index (κ1) is 65.8. The van der Waals surface area contributed by atoms with Crippen LogP contribution in [0.4, 0.5) is 0 Å². The van der Waals surface area contributed by atoms with Crippen molar-refractivity contribution in [3.05, 3.63) is 18.2 Å². The van der Waals surface area contributed by atoms with Crippen molar-refractivity contribution in [2.45, 2.75) is 106 Å². The summed E-state index contributed by atoms with van der Waals surface area (Å²) in [6, 6.07) is -12.9. The molecule has 1 aromatic heterocycles. The van der Waals surface area contributed by atoms with Gasteiger partial charge in [-0.05, 0) is 51.2 Å². The van der Waals surface area contributed by atoms with Crippen molar-refractivity contribution < 1.29 is 57.8 Å². The molecule has 0 saturated carbocycles. The number of H-pyrrole nitrogens is 1. The van der Waals surface area contributed by atoms with Gasteiger partial charge in [-0.1, -0.05) is 0 Å². The second-order valence-corrected chi connectivity index (χ2v) is 18.9. The molecule has 0 aliphatic carbocycles. The van der Waals surface area contributed by atoms with Crippen LogP contribution < -0.4 is 58.9 Å². The van der Waals surface area contributed by atoms with Crippen LogP contribution in [-0.2, 0) is 59.2 Å². The summed E-state index contributed by atoms with van der Waals surface area (Å²) in [6.07, 6.45) is 5.44. The molecule has 0 bridgehead atoms. The predicted molar refractivity (Wildman–Crippen MR) is 290 cm³/mol. The van der Waals surface area contributed by atoms with E-state index in [4.69, 9.17) is 5.73 Å². The Hall–Kier alpha value is -4.21. The van der Waals surface area contributed by atoms with Crippen molar-refractivity contribution in [2.75, 3.05) is 53.1 Å². The van der Waals surface area contributed by atoms with Crippen molar-refractivity contribution in [1.29, 1.82) is 0 Å². The molecular formula is C40H67N13O12S7. The lowest BCUT2D eigenvalue weighted by atomic mass is 10.1. The second-order valence-electron chi connectivity index (χ2n) is 15.8. The Kier molecular flexibility index (Phi) is 32.8. The number of imidazole rings is 1. The number of unbranched alkanes of at least 4 members (excludes halogenated alkanes) is 1. The maximum absolute atomic E-state index is 13.9. The van der Waals surface area contributed by atoms with Crippen LogP contribution in [0.3, 0.4) is 0 Å². The molecule has 0 aliphatic rings. The number of amides is 10. The first-order chi connectivity index (χ1) is 34.1. The summed E-state index contributed by atoms with van der Waals surface area (Å²) in [5.74, 6) is -10.3. The van der Waals surface area contributed by atoms with E-state index in [-0.39, 0.29) is 53.8 Å².